The van der Waals surface area contributed by atoms with Crippen LogP contribution in [0.4, 0.5) is 5.69 Å². The molecule has 1 aromatic carbocycles. The highest BCUT2D eigenvalue weighted by molar-refractivity contribution is 6.05. The molecule has 2 aromatic rings. The topological polar surface area (TPSA) is 106 Å². The number of hydrogen-bond donors (Lipinski definition) is 2. The monoisotopic (exact) mass is 344 g/mol. The summed E-state index contributed by atoms with van der Waals surface area (Å²) in [5.74, 6) is -0.492. The first-order valence-corrected chi connectivity index (χ1v) is 8.06. The van der Waals surface area contributed by atoms with E-state index in [2.05, 4.69) is 25.6 Å². The third-order valence-corrected chi connectivity index (χ3v) is 4.12. The first-order valence-electron chi connectivity index (χ1n) is 8.06. The van der Waals surface area contributed by atoms with Crippen LogP contribution in [-0.2, 0) is 9.59 Å². The summed E-state index contributed by atoms with van der Waals surface area (Å²) >= 11 is 0. The molecule has 0 bridgehead atoms. The Morgan fingerprint density at radius 2 is 2.12 bits per heavy atom. The van der Waals surface area contributed by atoms with Crippen LogP contribution in [0.15, 0.2) is 16.8 Å². The van der Waals surface area contributed by atoms with Gasteiger partial charge in [0.2, 0.25) is 11.8 Å². The zero-order valence-electron chi connectivity index (χ0n) is 14.4. The minimum absolute atomic E-state index is 0.104. The number of anilines is 1. The van der Waals surface area contributed by atoms with E-state index in [9.17, 15) is 9.59 Å². The summed E-state index contributed by atoms with van der Waals surface area (Å²) in [6.45, 7) is 6.20. The summed E-state index contributed by atoms with van der Waals surface area (Å²) in [7, 11) is 0. The molecule has 0 saturated carbocycles. The molecule has 132 valence electrons. The van der Waals surface area contributed by atoms with Gasteiger partial charge in [0.05, 0.1) is 12.5 Å². The van der Waals surface area contributed by atoms with Crippen molar-refractivity contribution in [3.05, 3.63) is 34.5 Å². The van der Waals surface area contributed by atoms with Crippen molar-refractivity contribution >= 4 is 17.5 Å². The maximum absolute atomic E-state index is 12.2. The van der Waals surface area contributed by atoms with Gasteiger partial charge < -0.3 is 15.4 Å². The Morgan fingerprint density at radius 3 is 2.84 bits per heavy atom. The number of nitrogens with one attached hydrogen (secondary N) is 2. The highest BCUT2D eigenvalue weighted by Crippen LogP contribution is 2.37. The van der Waals surface area contributed by atoms with Gasteiger partial charge in [0.1, 0.15) is 12.3 Å². The predicted octanol–water partition coefficient (Wildman–Crippen LogP) is 1.62. The molecule has 1 aliphatic heterocycles. The molecule has 1 aliphatic rings. The average Bonchev–Trinajstić information content (AvgIpc) is 3.07. The van der Waals surface area contributed by atoms with Gasteiger partial charge in [-0.05, 0) is 48.7 Å². The van der Waals surface area contributed by atoms with Gasteiger partial charge in [0.25, 0.3) is 5.88 Å². The molecule has 1 unspecified atom stereocenters. The van der Waals surface area contributed by atoms with Crippen molar-refractivity contribution in [2.45, 2.75) is 33.1 Å². The number of carbonyl (C=O) groups excluding carboxylic acids is 2. The lowest BCUT2D eigenvalue weighted by Crippen LogP contribution is -2.30. The van der Waals surface area contributed by atoms with Crippen molar-refractivity contribution in [2.75, 3.05) is 18.5 Å². The number of rotatable bonds is 6. The molecular weight excluding hydrogens is 324 g/mol. The van der Waals surface area contributed by atoms with Gasteiger partial charge in [0, 0.05) is 12.1 Å². The molecule has 1 aromatic heterocycles. The number of aromatic nitrogens is 2. The highest BCUT2D eigenvalue weighted by Gasteiger charge is 2.33. The largest absolute Gasteiger partial charge is 0.472 e. The van der Waals surface area contributed by atoms with Crippen LogP contribution in [0.5, 0.6) is 5.88 Å². The van der Waals surface area contributed by atoms with Crippen molar-refractivity contribution in [3.8, 4) is 5.88 Å². The van der Waals surface area contributed by atoms with E-state index in [1.54, 1.807) is 6.92 Å². The second kappa shape index (κ2) is 6.92. The predicted molar refractivity (Wildman–Crippen MR) is 89.4 cm³/mol. The van der Waals surface area contributed by atoms with Crippen LogP contribution in [0.25, 0.3) is 0 Å². The van der Waals surface area contributed by atoms with Gasteiger partial charge >= 0.3 is 0 Å². The molecule has 8 heteroatoms. The summed E-state index contributed by atoms with van der Waals surface area (Å²) in [4.78, 5) is 24.4. The fraction of sp³-hybridized carbons (Fsp3) is 0.412. The molecule has 8 nitrogen and oxygen atoms in total. The lowest BCUT2D eigenvalue weighted by atomic mass is 9.92. The van der Waals surface area contributed by atoms with E-state index < -0.39 is 5.92 Å². The van der Waals surface area contributed by atoms with Crippen LogP contribution in [0.2, 0.25) is 0 Å². The number of aryl methyl sites for hydroxylation is 3. The number of carbonyl (C=O) groups is 2. The van der Waals surface area contributed by atoms with Crippen molar-refractivity contribution in [2.24, 2.45) is 0 Å². The second-order valence-corrected chi connectivity index (χ2v) is 6.14. The molecule has 0 radical (unpaired) electrons. The average molecular weight is 344 g/mol. The second-order valence-electron chi connectivity index (χ2n) is 6.14. The van der Waals surface area contributed by atoms with Gasteiger partial charge in [-0.3, -0.25) is 9.59 Å². The number of fused-ring (bicyclic) bond motifs is 1. The number of amides is 2. The summed E-state index contributed by atoms with van der Waals surface area (Å²) in [5.41, 5.74) is 4.36. The first-order chi connectivity index (χ1) is 12.0. The third kappa shape index (κ3) is 3.62. The molecule has 25 heavy (non-hydrogen) atoms. The van der Waals surface area contributed by atoms with Crippen molar-refractivity contribution in [1.29, 1.82) is 0 Å². The van der Waals surface area contributed by atoms with E-state index in [4.69, 9.17) is 4.74 Å². The standard InChI is InChI=1S/C17H20N4O4/c1-9-6-10(2)15-12(16(23)19-13(15)7-9)8-14(22)18-4-5-24-17-11(3)20-25-21-17/h6-7,12H,4-5,8H2,1-3H3,(H,18,22)(H,19,23). The van der Waals surface area contributed by atoms with E-state index >= 15 is 0 Å². The van der Waals surface area contributed by atoms with Crippen molar-refractivity contribution in [1.82, 2.24) is 15.6 Å². The lowest BCUT2D eigenvalue weighted by molar-refractivity contribution is -0.125. The number of nitrogens with zero attached hydrogens (tertiary/aromatic N) is 2. The molecule has 2 amide bonds. The van der Waals surface area contributed by atoms with Crippen molar-refractivity contribution in [3.63, 3.8) is 0 Å². The van der Waals surface area contributed by atoms with E-state index in [1.807, 2.05) is 26.0 Å². The maximum atomic E-state index is 12.2. The van der Waals surface area contributed by atoms with E-state index in [-0.39, 0.29) is 24.8 Å². The van der Waals surface area contributed by atoms with Crippen LogP contribution >= 0.6 is 0 Å². The lowest BCUT2D eigenvalue weighted by Gasteiger charge is -2.12. The zero-order valence-corrected chi connectivity index (χ0v) is 14.4. The maximum Gasteiger partial charge on any atom is 0.278 e. The molecule has 0 aliphatic carbocycles. The number of ether oxygens (including phenoxy) is 1. The SMILES string of the molecule is Cc1cc(C)c2c(c1)NC(=O)C2CC(=O)NCCOc1nonc1C. The molecule has 0 spiro atoms. The van der Waals surface area contributed by atoms with Gasteiger partial charge in [-0.1, -0.05) is 11.2 Å². The summed E-state index contributed by atoms with van der Waals surface area (Å²) in [5, 5.41) is 12.8. The fourth-order valence-electron chi connectivity index (χ4n) is 3.04. The van der Waals surface area contributed by atoms with E-state index in [1.165, 1.54) is 0 Å². The number of hydrogen-bond acceptors (Lipinski definition) is 6. The van der Waals surface area contributed by atoms with Gasteiger partial charge in [-0.25, -0.2) is 4.63 Å². The molecule has 2 N–H and O–H groups in total. The summed E-state index contributed by atoms with van der Waals surface area (Å²) in [6, 6.07) is 3.95. The Hall–Kier alpha value is -2.90. The Bertz CT molecular complexity index is 815. The minimum atomic E-state index is -0.460. The highest BCUT2D eigenvalue weighted by atomic mass is 16.6. The molecule has 3 rings (SSSR count). The normalized spacial score (nSPS) is 15.6. The Balaban J connectivity index is 1.54. The smallest absolute Gasteiger partial charge is 0.278 e. The van der Waals surface area contributed by atoms with Gasteiger partial charge in [0.15, 0.2) is 0 Å². The van der Waals surface area contributed by atoms with Crippen molar-refractivity contribution < 1.29 is 19.0 Å². The van der Waals surface area contributed by atoms with Crippen LogP contribution in [0.1, 0.15) is 34.7 Å². The molecule has 1 atom stereocenters. The Labute approximate surface area is 144 Å². The Kier molecular flexibility index (Phi) is 4.69. The van der Waals surface area contributed by atoms with Gasteiger partial charge in [-0.2, -0.15) is 0 Å². The van der Waals surface area contributed by atoms with Crippen LogP contribution in [-0.4, -0.2) is 35.3 Å². The fourth-order valence-corrected chi connectivity index (χ4v) is 3.04. The zero-order chi connectivity index (χ0) is 18.0. The Morgan fingerprint density at radius 1 is 1.32 bits per heavy atom. The van der Waals surface area contributed by atoms with Crippen LogP contribution in [0, 0.1) is 20.8 Å². The minimum Gasteiger partial charge on any atom is -0.472 e. The molecule has 2 heterocycles. The summed E-state index contributed by atoms with van der Waals surface area (Å²) in [6.07, 6.45) is 0.104. The van der Waals surface area contributed by atoms with Gasteiger partial charge in [-0.15, -0.1) is 0 Å². The van der Waals surface area contributed by atoms with Crippen LogP contribution in [0.3, 0.4) is 0 Å². The third-order valence-electron chi connectivity index (χ3n) is 4.12. The van der Waals surface area contributed by atoms with E-state index in [0.717, 1.165) is 22.4 Å². The van der Waals surface area contributed by atoms with E-state index in [0.29, 0.717) is 18.1 Å². The quantitative estimate of drug-likeness (QED) is 0.771. The molecule has 0 fully saturated rings. The molecule has 0 saturated heterocycles. The molecular formula is C17H20N4O4. The van der Waals surface area contributed by atoms with Crippen LogP contribution < -0.4 is 15.4 Å². The number of benzene rings is 1. The first kappa shape index (κ1) is 16.9. The summed E-state index contributed by atoms with van der Waals surface area (Å²) < 4.78 is 9.87.